The van der Waals surface area contributed by atoms with Gasteiger partial charge in [0.2, 0.25) is 0 Å². The van der Waals surface area contributed by atoms with Gasteiger partial charge in [-0.05, 0) is 73.2 Å². The van der Waals surface area contributed by atoms with Crippen molar-refractivity contribution in [2.75, 3.05) is 13.7 Å². The molecule has 2 aromatic carbocycles. The van der Waals surface area contributed by atoms with Gasteiger partial charge in [-0.25, -0.2) is 4.79 Å². The summed E-state index contributed by atoms with van der Waals surface area (Å²) in [6.45, 7) is 3.03. The summed E-state index contributed by atoms with van der Waals surface area (Å²) in [5, 5.41) is 0. The van der Waals surface area contributed by atoms with Crippen LogP contribution in [0.25, 0.3) is 0 Å². The maximum atomic E-state index is 12.2. The van der Waals surface area contributed by atoms with E-state index in [0.717, 1.165) is 30.6 Å². The van der Waals surface area contributed by atoms with Crippen LogP contribution in [-0.4, -0.2) is 19.7 Å². The van der Waals surface area contributed by atoms with Crippen LogP contribution in [0.15, 0.2) is 48.5 Å². The number of ether oxygens (including phenoxy) is 3. The van der Waals surface area contributed by atoms with Crippen LogP contribution in [0.2, 0.25) is 0 Å². The minimum atomic E-state index is -0.389. The molecule has 1 aliphatic carbocycles. The number of hydrogen-bond acceptors (Lipinski definition) is 4. The Balaban J connectivity index is 1.36. The van der Waals surface area contributed by atoms with E-state index in [-0.39, 0.29) is 5.97 Å². The molecule has 0 bridgehead atoms. The van der Waals surface area contributed by atoms with Crippen LogP contribution < -0.4 is 14.2 Å². The fraction of sp³-hybridized carbons (Fsp3) is 0.500. The van der Waals surface area contributed by atoms with Crippen molar-refractivity contribution in [3.05, 3.63) is 54.1 Å². The molecule has 1 fully saturated rings. The topological polar surface area (TPSA) is 44.8 Å². The molecule has 0 saturated heterocycles. The summed E-state index contributed by atoms with van der Waals surface area (Å²) in [6, 6.07) is 14.1. The highest BCUT2D eigenvalue weighted by molar-refractivity contribution is 5.91. The first-order chi connectivity index (χ1) is 14.7. The molecule has 0 aromatic heterocycles. The average Bonchev–Trinajstić information content (AvgIpc) is 2.79. The molecule has 3 rings (SSSR count). The van der Waals surface area contributed by atoms with E-state index in [4.69, 9.17) is 14.2 Å². The third kappa shape index (κ3) is 6.79. The van der Waals surface area contributed by atoms with Gasteiger partial charge in [-0.3, -0.25) is 0 Å². The number of benzene rings is 2. The van der Waals surface area contributed by atoms with E-state index < -0.39 is 0 Å². The van der Waals surface area contributed by atoms with E-state index >= 15 is 0 Å². The van der Waals surface area contributed by atoms with E-state index in [2.05, 4.69) is 6.92 Å². The summed E-state index contributed by atoms with van der Waals surface area (Å²) >= 11 is 0. The predicted molar refractivity (Wildman–Crippen MR) is 119 cm³/mol. The Bertz CT molecular complexity index is 759. The van der Waals surface area contributed by atoms with E-state index in [0.29, 0.717) is 17.1 Å². The highest BCUT2D eigenvalue weighted by Gasteiger charge is 2.20. The largest absolute Gasteiger partial charge is 0.497 e. The monoisotopic (exact) mass is 410 g/mol. The molecular weight excluding hydrogens is 376 g/mol. The van der Waals surface area contributed by atoms with Gasteiger partial charge in [-0.1, -0.05) is 45.4 Å². The lowest BCUT2D eigenvalue weighted by atomic mass is 9.78. The van der Waals surface area contributed by atoms with Gasteiger partial charge in [0.25, 0.3) is 0 Å². The van der Waals surface area contributed by atoms with E-state index in [1.807, 2.05) is 12.1 Å². The van der Waals surface area contributed by atoms with Gasteiger partial charge in [-0.2, -0.15) is 0 Å². The summed E-state index contributed by atoms with van der Waals surface area (Å²) in [6.07, 6.45) is 10.7. The SMILES string of the molecule is CCC[C@H]1CC[C@H](CCCOc2ccc(OC(=O)c3ccc(OC)cc3)cc2)CC1. The maximum absolute atomic E-state index is 12.2. The predicted octanol–water partition coefficient (Wildman–Crippen LogP) is 6.68. The molecule has 1 aliphatic rings. The number of rotatable bonds is 10. The number of methoxy groups -OCH3 is 1. The molecular formula is C26H34O4. The molecule has 0 atom stereocenters. The third-order valence-electron chi connectivity index (χ3n) is 6.05. The Morgan fingerprint density at radius 1 is 0.833 bits per heavy atom. The quantitative estimate of drug-likeness (QED) is 0.249. The summed E-state index contributed by atoms with van der Waals surface area (Å²) in [5.74, 6) is 3.48. The van der Waals surface area contributed by atoms with Crippen molar-refractivity contribution in [1.82, 2.24) is 0 Å². The summed E-state index contributed by atoms with van der Waals surface area (Å²) in [7, 11) is 1.59. The van der Waals surface area contributed by atoms with Gasteiger partial charge in [0.05, 0.1) is 19.3 Å². The Morgan fingerprint density at radius 3 is 2.00 bits per heavy atom. The first kappa shape index (κ1) is 22.2. The van der Waals surface area contributed by atoms with Crippen molar-refractivity contribution < 1.29 is 19.0 Å². The van der Waals surface area contributed by atoms with Crippen molar-refractivity contribution in [2.24, 2.45) is 11.8 Å². The van der Waals surface area contributed by atoms with E-state index in [9.17, 15) is 4.79 Å². The second-order valence-electron chi connectivity index (χ2n) is 8.26. The lowest BCUT2D eigenvalue weighted by Gasteiger charge is -2.28. The molecule has 0 aliphatic heterocycles. The molecule has 1 saturated carbocycles. The van der Waals surface area contributed by atoms with Crippen LogP contribution >= 0.6 is 0 Å². The smallest absolute Gasteiger partial charge is 0.343 e. The van der Waals surface area contributed by atoms with Gasteiger partial charge in [0.1, 0.15) is 17.2 Å². The normalized spacial score (nSPS) is 18.6. The van der Waals surface area contributed by atoms with Gasteiger partial charge in [0.15, 0.2) is 0 Å². The molecule has 0 unspecified atom stereocenters. The van der Waals surface area contributed by atoms with Crippen LogP contribution in [0.5, 0.6) is 17.2 Å². The first-order valence-corrected chi connectivity index (χ1v) is 11.3. The molecule has 0 N–H and O–H groups in total. The van der Waals surface area contributed by atoms with Gasteiger partial charge >= 0.3 is 5.97 Å². The van der Waals surface area contributed by atoms with Gasteiger partial charge < -0.3 is 14.2 Å². The van der Waals surface area contributed by atoms with Crippen LogP contribution in [0.3, 0.4) is 0 Å². The molecule has 30 heavy (non-hydrogen) atoms. The number of hydrogen-bond donors (Lipinski definition) is 0. The molecule has 0 radical (unpaired) electrons. The van der Waals surface area contributed by atoms with E-state index in [1.165, 1.54) is 44.9 Å². The highest BCUT2D eigenvalue weighted by atomic mass is 16.5. The molecule has 4 nitrogen and oxygen atoms in total. The fourth-order valence-corrected chi connectivity index (χ4v) is 4.28. The zero-order valence-corrected chi connectivity index (χ0v) is 18.3. The molecule has 0 heterocycles. The van der Waals surface area contributed by atoms with Crippen LogP contribution in [0, 0.1) is 11.8 Å². The molecule has 0 amide bonds. The second-order valence-corrected chi connectivity index (χ2v) is 8.26. The Morgan fingerprint density at radius 2 is 1.40 bits per heavy atom. The van der Waals surface area contributed by atoms with Crippen LogP contribution in [-0.2, 0) is 0 Å². The minimum absolute atomic E-state index is 0.389. The summed E-state index contributed by atoms with van der Waals surface area (Å²) in [5.41, 5.74) is 0.486. The molecule has 162 valence electrons. The highest BCUT2D eigenvalue weighted by Crippen LogP contribution is 2.33. The Labute approximate surface area is 180 Å². The van der Waals surface area contributed by atoms with Crippen LogP contribution in [0.1, 0.15) is 68.6 Å². The Kier molecular flexibility index (Phi) is 8.61. The van der Waals surface area contributed by atoms with Crippen molar-refractivity contribution in [1.29, 1.82) is 0 Å². The Hall–Kier alpha value is -2.49. The second kappa shape index (κ2) is 11.6. The summed E-state index contributed by atoms with van der Waals surface area (Å²) in [4.78, 5) is 12.2. The zero-order valence-electron chi connectivity index (χ0n) is 18.3. The maximum Gasteiger partial charge on any atom is 0.343 e. The van der Waals surface area contributed by atoms with Gasteiger partial charge in [-0.15, -0.1) is 0 Å². The fourth-order valence-electron chi connectivity index (χ4n) is 4.28. The number of carbonyl (C=O) groups excluding carboxylic acids is 1. The lowest BCUT2D eigenvalue weighted by Crippen LogP contribution is -2.15. The van der Waals surface area contributed by atoms with Crippen molar-refractivity contribution >= 4 is 5.97 Å². The van der Waals surface area contributed by atoms with Crippen molar-refractivity contribution in [3.8, 4) is 17.2 Å². The zero-order chi connectivity index (χ0) is 21.2. The van der Waals surface area contributed by atoms with Crippen LogP contribution in [0.4, 0.5) is 0 Å². The number of esters is 1. The summed E-state index contributed by atoms with van der Waals surface area (Å²) < 4.78 is 16.4. The number of carbonyl (C=O) groups is 1. The third-order valence-corrected chi connectivity index (χ3v) is 6.05. The van der Waals surface area contributed by atoms with E-state index in [1.54, 1.807) is 43.5 Å². The first-order valence-electron chi connectivity index (χ1n) is 11.3. The minimum Gasteiger partial charge on any atom is -0.497 e. The standard InChI is InChI=1S/C26H34O4/c1-3-5-20-7-9-21(10-8-20)6-4-19-29-24-15-17-25(18-16-24)30-26(27)22-11-13-23(28-2)14-12-22/h11-18,20-21H,3-10,19H2,1-2H3/t20-,21-. The van der Waals surface area contributed by atoms with Crippen molar-refractivity contribution in [3.63, 3.8) is 0 Å². The average molecular weight is 411 g/mol. The van der Waals surface area contributed by atoms with Gasteiger partial charge in [0, 0.05) is 0 Å². The lowest BCUT2D eigenvalue weighted by molar-refractivity contribution is 0.0734. The molecule has 4 heteroatoms. The molecule has 0 spiro atoms. The molecule has 2 aromatic rings. The van der Waals surface area contributed by atoms with Crippen molar-refractivity contribution in [2.45, 2.75) is 58.3 Å².